The van der Waals surface area contributed by atoms with E-state index in [0.29, 0.717) is 30.8 Å². The predicted molar refractivity (Wildman–Crippen MR) is 127 cm³/mol. The number of guanidine groups is 1. The highest BCUT2D eigenvalue weighted by Gasteiger charge is 2.26. The Kier molecular flexibility index (Phi) is 9.74. The number of aliphatic imine (C=N–C) groups is 1. The Morgan fingerprint density at radius 3 is 2.59 bits per heavy atom. The van der Waals surface area contributed by atoms with E-state index >= 15 is 0 Å². The van der Waals surface area contributed by atoms with Gasteiger partial charge in [-0.05, 0) is 58.2 Å². The van der Waals surface area contributed by atoms with Crippen LogP contribution in [0.25, 0.3) is 0 Å². The zero-order chi connectivity index (χ0) is 19.9. The van der Waals surface area contributed by atoms with Gasteiger partial charge in [0.2, 0.25) is 0 Å². The van der Waals surface area contributed by atoms with Crippen LogP contribution in [0.5, 0.6) is 0 Å². The number of hydrogen-bond donors (Lipinski definition) is 1. The van der Waals surface area contributed by atoms with E-state index in [-0.39, 0.29) is 29.9 Å². The second-order valence-electron chi connectivity index (χ2n) is 8.05. The lowest BCUT2D eigenvalue weighted by atomic mass is 9.97. The molecule has 0 spiro atoms. The molecule has 1 aromatic rings. The summed E-state index contributed by atoms with van der Waals surface area (Å²) in [5, 5.41) is 3.44. The fraction of sp³-hybridized carbons (Fsp3) is 0.714. The van der Waals surface area contributed by atoms with Gasteiger partial charge in [0, 0.05) is 51.9 Å². The third-order valence-corrected chi connectivity index (χ3v) is 5.71. The predicted octanol–water partition coefficient (Wildman–Crippen LogP) is 2.74. The van der Waals surface area contributed by atoms with E-state index in [1.165, 1.54) is 19.4 Å². The first kappa shape index (κ1) is 24.0. The van der Waals surface area contributed by atoms with Gasteiger partial charge in [-0.1, -0.05) is 0 Å². The second-order valence-corrected chi connectivity index (χ2v) is 8.05. The van der Waals surface area contributed by atoms with Gasteiger partial charge in [-0.3, -0.25) is 9.79 Å². The summed E-state index contributed by atoms with van der Waals surface area (Å²) in [6.45, 7) is 13.7. The number of amides is 1. The molecule has 29 heavy (non-hydrogen) atoms. The maximum Gasteiger partial charge on any atom is 0.289 e. The van der Waals surface area contributed by atoms with Crippen molar-refractivity contribution >= 4 is 35.8 Å². The number of piperidine rings is 1. The van der Waals surface area contributed by atoms with Crippen molar-refractivity contribution in [3.05, 3.63) is 24.2 Å². The normalized spacial score (nSPS) is 21.2. The molecule has 1 N–H and O–H groups in total. The van der Waals surface area contributed by atoms with Crippen LogP contribution < -0.4 is 5.32 Å². The van der Waals surface area contributed by atoms with Crippen LogP contribution in [0.3, 0.4) is 0 Å². The van der Waals surface area contributed by atoms with Gasteiger partial charge in [-0.2, -0.15) is 0 Å². The molecule has 0 saturated carbocycles. The van der Waals surface area contributed by atoms with E-state index < -0.39 is 0 Å². The summed E-state index contributed by atoms with van der Waals surface area (Å²) in [6.07, 6.45) is 4.07. The molecule has 1 unspecified atom stereocenters. The van der Waals surface area contributed by atoms with E-state index in [1.807, 2.05) is 4.90 Å². The first-order valence-electron chi connectivity index (χ1n) is 10.7. The minimum Gasteiger partial charge on any atom is -0.459 e. The highest BCUT2D eigenvalue weighted by Crippen LogP contribution is 2.19. The van der Waals surface area contributed by atoms with Crippen LogP contribution in [-0.4, -0.2) is 85.0 Å². The summed E-state index contributed by atoms with van der Waals surface area (Å²) in [6, 6.07) is 4.09. The smallest absolute Gasteiger partial charge is 0.289 e. The highest BCUT2D eigenvalue weighted by molar-refractivity contribution is 14.0. The number of hydrogen-bond acceptors (Lipinski definition) is 4. The molecule has 0 radical (unpaired) electrons. The van der Waals surface area contributed by atoms with E-state index in [0.717, 1.165) is 38.7 Å². The molecule has 0 aliphatic carbocycles. The highest BCUT2D eigenvalue weighted by atomic mass is 127. The standard InChI is InChI=1S/C21H35N5O2.HI/c1-4-22-21(23-15-18-7-5-9-26(16-18)17(2)3)25-12-10-24(11-13-25)20(27)19-8-6-14-28-19;/h6,8,14,17-18H,4-5,7,9-13,15-16H2,1-3H3,(H,22,23);1H. The van der Waals surface area contributed by atoms with Gasteiger partial charge in [0.1, 0.15) is 0 Å². The SMILES string of the molecule is CCNC(=NCC1CCCN(C(C)C)C1)N1CCN(C(=O)c2ccco2)CC1.I. The number of rotatable bonds is 5. The molecule has 1 amide bonds. The summed E-state index contributed by atoms with van der Waals surface area (Å²) in [5.41, 5.74) is 0. The number of nitrogens with one attached hydrogen (secondary N) is 1. The lowest BCUT2D eigenvalue weighted by Crippen LogP contribution is -2.54. The minimum absolute atomic E-state index is 0. The third-order valence-electron chi connectivity index (χ3n) is 5.71. The molecule has 2 aliphatic rings. The zero-order valence-electron chi connectivity index (χ0n) is 18.0. The number of carbonyl (C=O) groups is 1. The largest absolute Gasteiger partial charge is 0.459 e. The molecule has 3 heterocycles. The Bertz CT molecular complexity index is 642. The van der Waals surface area contributed by atoms with Crippen LogP contribution in [0.4, 0.5) is 0 Å². The second kappa shape index (κ2) is 11.8. The fourth-order valence-corrected chi connectivity index (χ4v) is 4.03. The maximum absolute atomic E-state index is 12.4. The van der Waals surface area contributed by atoms with Crippen molar-refractivity contribution in [2.45, 2.75) is 39.7 Å². The molecule has 2 saturated heterocycles. The molecule has 2 fully saturated rings. The maximum atomic E-state index is 12.4. The molecular weight excluding hydrogens is 481 g/mol. The van der Waals surface area contributed by atoms with E-state index in [9.17, 15) is 4.79 Å². The van der Waals surface area contributed by atoms with Gasteiger partial charge in [0.15, 0.2) is 11.7 Å². The third kappa shape index (κ3) is 6.60. The molecular formula is C21H36IN5O2. The summed E-state index contributed by atoms with van der Waals surface area (Å²) < 4.78 is 5.25. The van der Waals surface area contributed by atoms with Crippen LogP contribution in [0.1, 0.15) is 44.2 Å². The van der Waals surface area contributed by atoms with Crippen molar-refractivity contribution in [1.82, 2.24) is 20.0 Å². The van der Waals surface area contributed by atoms with E-state index in [1.54, 1.807) is 18.4 Å². The molecule has 1 aromatic heterocycles. The average molecular weight is 517 g/mol. The molecule has 3 rings (SSSR count). The van der Waals surface area contributed by atoms with Crippen molar-refractivity contribution in [2.75, 3.05) is 52.4 Å². The summed E-state index contributed by atoms with van der Waals surface area (Å²) >= 11 is 0. The van der Waals surface area contributed by atoms with Crippen molar-refractivity contribution in [3.8, 4) is 0 Å². The van der Waals surface area contributed by atoms with Gasteiger partial charge in [-0.25, -0.2) is 0 Å². The molecule has 8 heteroatoms. The van der Waals surface area contributed by atoms with Gasteiger partial charge < -0.3 is 24.4 Å². The van der Waals surface area contributed by atoms with Gasteiger partial charge >= 0.3 is 0 Å². The Labute approximate surface area is 191 Å². The molecule has 2 aliphatic heterocycles. The van der Waals surface area contributed by atoms with Crippen LogP contribution >= 0.6 is 24.0 Å². The Morgan fingerprint density at radius 1 is 1.24 bits per heavy atom. The number of halogens is 1. The lowest BCUT2D eigenvalue weighted by molar-refractivity contribution is 0.0657. The van der Waals surface area contributed by atoms with Crippen molar-refractivity contribution in [1.29, 1.82) is 0 Å². The first-order chi connectivity index (χ1) is 13.6. The molecule has 7 nitrogen and oxygen atoms in total. The first-order valence-corrected chi connectivity index (χ1v) is 10.7. The monoisotopic (exact) mass is 517 g/mol. The van der Waals surface area contributed by atoms with E-state index in [2.05, 4.69) is 35.9 Å². The number of nitrogens with zero attached hydrogens (tertiary/aromatic N) is 4. The fourth-order valence-electron chi connectivity index (χ4n) is 4.03. The van der Waals surface area contributed by atoms with Crippen LogP contribution in [0.15, 0.2) is 27.8 Å². The number of furan rings is 1. The van der Waals surface area contributed by atoms with Crippen molar-refractivity contribution in [2.24, 2.45) is 10.9 Å². The van der Waals surface area contributed by atoms with Crippen LogP contribution in [0, 0.1) is 5.92 Å². The minimum atomic E-state index is -0.0254. The summed E-state index contributed by atoms with van der Waals surface area (Å²) in [7, 11) is 0. The van der Waals surface area contributed by atoms with E-state index in [4.69, 9.17) is 9.41 Å². The molecule has 0 aromatic carbocycles. The Balaban J connectivity index is 0.00000300. The lowest BCUT2D eigenvalue weighted by Gasteiger charge is -2.37. The molecule has 0 bridgehead atoms. The van der Waals surface area contributed by atoms with Crippen LogP contribution in [0.2, 0.25) is 0 Å². The number of piperazine rings is 1. The summed E-state index contributed by atoms with van der Waals surface area (Å²) in [4.78, 5) is 24.1. The van der Waals surface area contributed by atoms with Gasteiger partial charge in [0.05, 0.1) is 6.26 Å². The quantitative estimate of drug-likeness (QED) is 0.370. The Hall–Kier alpha value is -1.29. The summed E-state index contributed by atoms with van der Waals surface area (Å²) in [5.74, 6) is 2.00. The number of carbonyl (C=O) groups excluding carboxylic acids is 1. The van der Waals surface area contributed by atoms with Crippen LogP contribution in [-0.2, 0) is 0 Å². The molecule has 1 atom stereocenters. The Morgan fingerprint density at radius 2 is 1.97 bits per heavy atom. The van der Waals surface area contributed by atoms with Crippen molar-refractivity contribution in [3.63, 3.8) is 0 Å². The van der Waals surface area contributed by atoms with Crippen molar-refractivity contribution < 1.29 is 9.21 Å². The van der Waals surface area contributed by atoms with Gasteiger partial charge in [0.25, 0.3) is 5.91 Å². The topological polar surface area (TPSA) is 64.3 Å². The average Bonchev–Trinajstić information content (AvgIpc) is 3.26. The molecule has 164 valence electrons. The number of likely N-dealkylation sites (tertiary alicyclic amines) is 1. The zero-order valence-corrected chi connectivity index (χ0v) is 20.3. The van der Waals surface area contributed by atoms with Gasteiger partial charge in [-0.15, -0.1) is 24.0 Å².